The molecular weight excluding hydrogens is 176 g/mol. The maximum atomic E-state index is 11.4. The van der Waals surface area contributed by atoms with Crippen LogP contribution in [0.3, 0.4) is 0 Å². The molecule has 0 bridgehead atoms. The van der Waals surface area contributed by atoms with E-state index < -0.39 is 0 Å². The monoisotopic (exact) mass is 198 g/mol. The van der Waals surface area contributed by atoms with Gasteiger partial charge in [0.15, 0.2) is 0 Å². The topological polar surface area (TPSA) is 41.1 Å². The SMILES string of the molecule is CNCC(C)C(=O)NCCCC1CC1. The van der Waals surface area contributed by atoms with Gasteiger partial charge in [-0.25, -0.2) is 0 Å². The zero-order valence-corrected chi connectivity index (χ0v) is 9.31. The van der Waals surface area contributed by atoms with Gasteiger partial charge in [0.05, 0.1) is 0 Å². The zero-order chi connectivity index (χ0) is 10.4. The average molecular weight is 198 g/mol. The van der Waals surface area contributed by atoms with E-state index in [9.17, 15) is 4.79 Å². The first kappa shape index (κ1) is 11.5. The van der Waals surface area contributed by atoms with Gasteiger partial charge < -0.3 is 10.6 Å². The van der Waals surface area contributed by atoms with Crippen LogP contribution in [0.15, 0.2) is 0 Å². The summed E-state index contributed by atoms with van der Waals surface area (Å²) in [6.45, 7) is 3.56. The Kier molecular flexibility index (Phi) is 4.94. The third kappa shape index (κ3) is 4.61. The van der Waals surface area contributed by atoms with Crippen LogP contribution in [0, 0.1) is 11.8 Å². The second-order valence-electron chi connectivity index (χ2n) is 4.34. The van der Waals surface area contributed by atoms with Crippen LogP contribution >= 0.6 is 0 Å². The van der Waals surface area contributed by atoms with Crippen LogP contribution in [0.2, 0.25) is 0 Å². The largest absolute Gasteiger partial charge is 0.356 e. The van der Waals surface area contributed by atoms with Crippen molar-refractivity contribution in [3.05, 3.63) is 0 Å². The molecule has 1 rings (SSSR count). The number of hydrogen-bond acceptors (Lipinski definition) is 2. The number of carbonyl (C=O) groups is 1. The van der Waals surface area contributed by atoms with E-state index in [1.807, 2.05) is 14.0 Å². The molecule has 14 heavy (non-hydrogen) atoms. The predicted molar refractivity (Wildman–Crippen MR) is 58.1 cm³/mol. The Hall–Kier alpha value is -0.570. The molecule has 1 fully saturated rings. The molecule has 2 N–H and O–H groups in total. The van der Waals surface area contributed by atoms with Crippen molar-refractivity contribution in [2.45, 2.75) is 32.6 Å². The number of hydrogen-bond donors (Lipinski definition) is 2. The van der Waals surface area contributed by atoms with E-state index in [1.165, 1.54) is 19.3 Å². The number of carbonyl (C=O) groups excluding carboxylic acids is 1. The Bertz CT molecular complexity index is 178. The van der Waals surface area contributed by atoms with Crippen molar-refractivity contribution < 1.29 is 4.79 Å². The summed E-state index contributed by atoms with van der Waals surface area (Å²) in [5.74, 6) is 1.23. The second-order valence-corrected chi connectivity index (χ2v) is 4.34. The Morgan fingerprint density at radius 1 is 1.50 bits per heavy atom. The Balaban J connectivity index is 1.95. The standard InChI is InChI=1S/C11H22N2O/c1-9(8-12-2)11(14)13-7-3-4-10-5-6-10/h9-10,12H,3-8H2,1-2H3,(H,13,14). The highest BCUT2D eigenvalue weighted by Crippen LogP contribution is 2.33. The van der Waals surface area contributed by atoms with Gasteiger partial charge >= 0.3 is 0 Å². The van der Waals surface area contributed by atoms with E-state index in [-0.39, 0.29) is 11.8 Å². The Morgan fingerprint density at radius 2 is 2.21 bits per heavy atom. The van der Waals surface area contributed by atoms with Crippen molar-refractivity contribution >= 4 is 5.91 Å². The van der Waals surface area contributed by atoms with E-state index in [0.717, 1.165) is 25.4 Å². The molecule has 82 valence electrons. The maximum absolute atomic E-state index is 11.4. The van der Waals surface area contributed by atoms with Crippen molar-refractivity contribution in [2.75, 3.05) is 20.1 Å². The van der Waals surface area contributed by atoms with Crippen molar-refractivity contribution in [3.63, 3.8) is 0 Å². The summed E-state index contributed by atoms with van der Waals surface area (Å²) < 4.78 is 0. The van der Waals surface area contributed by atoms with Gasteiger partial charge in [-0.15, -0.1) is 0 Å². The molecule has 1 atom stereocenters. The van der Waals surface area contributed by atoms with Crippen molar-refractivity contribution in [1.29, 1.82) is 0 Å². The van der Waals surface area contributed by atoms with Gasteiger partial charge in [-0.1, -0.05) is 19.8 Å². The van der Waals surface area contributed by atoms with Crippen LogP contribution in [-0.2, 0) is 4.79 Å². The van der Waals surface area contributed by atoms with Crippen LogP contribution < -0.4 is 10.6 Å². The van der Waals surface area contributed by atoms with Crippen molar-refractivity contribution in [1.82, 2.24) is 10.6 Å². The second kappa shape index (κ2) is 6.02. The molecule has 1 aliphatic carbocycles. The zero-order valence-electron chi connectivity index (χ0n) is 9.31. The third-order valence-electron chi connectivity index (χ3n) is 2.74. The molecule has 1 unspecified atom stereocenters. The fourth-order valence-electron chi connectivity index (χ4n) is 1.58. The minimum Gasteiger partial charge on any atom is -0.356 e. The molecule has 1 amide bonds. The van der Waals surface area contributed by atoms with E-state index in [2.05, 4.69) is 10.6 Å². The van der Waals surface area contributed by atoms with E-state index in [4.69, 9.17) is 0 Å². The molecule has 0 aromatic heterocycles. The van der Waals surface area contributed by atoms with Gasteiger partial charge in [-0.3, -0.25) is 4.79 Å². The fraction of sp³-hybridized carbons (Fsp3) is 0.909. The van der Waals surface area contributed by atoms with Gasteiger partial charge in [-0.05, 0) is 25.8 Å². The van der Waals surface area contributed by atoms with Crippen LogP contribution in [0.5, 0.6) is 0 Å². The van der Waals surface area contributed by atoms with Crippen LogP contribution in [-0.4, -0.2) is 26.0 Å². The molecule has 0 heterocycles. The first-order valence-electron chi connectivity index (χ1n) is 5.66. The molecule has 1 aliphatic rings. The lowest BCUT2D eigenvalue weighted by atomic mass is 10.1. The summed E-state index contributed by atoms with van der Waals surface area (Å²) in [5, 5.41) is 5.98. The first-order chi connectivity index (χ1) is 6.74. The van der Waals surface area contributed by atoms with Crippen molar-refractivity contribution in [2.24, 2.45) is 11.8 Å². The third-order valence-corrected chi connectivity index (χ3v) is 2.74. The van der Waals surface area contributed by atoms with Gasteiger partial charge in [0.2, 0.25) is 5.91 Å². The molecule has 0 aliphatic heterocycles. The van der Waals surface area contributed by atoms with Crippen LogP contribution in [0.1, 0.15) is 32.6 Å². The summed E-state index contributed by atoms with van der Waals surface area (Å²) in [6, 6.07) is 0. The molecule has 1 saturated carbocycles. The fourth-order valence-corrected chi connectivity index (χ4v) is 1.58. The van der Waals surface area contributed by atoms with Gasteiger partial charge in [0, 0.05) is 19.0 Å². The predicted octanol–water partition coefficient (Wildman–Crippen LogP) is 1.15. The Morgan fingerprint density at radius 3 is 2.79 bits per heavy atom. The van der Waals surface area contributed by atoms with E-state index in [0.29, 0.717) is 0 Å². The lowest BCUT2D eigenvalue weighted by Gasteiger charge is -2.11. The smallest absolute Gasteiger partial charge is 0.224 e. The number of rotatable bonds is 7. The number of amides is 1. The molecule has 0 saturated heterocycles. The molecule has 0 aromatic carbocycles. The van der Waals surface area contributed by atoms with Crippen LogP contribution in [0.25, 0.3) is 0 Å². The van der Waals surface area contributed by atoms with Crippen LogP contribution in [0.4, 0.5) is 0 Å². The molecule has 0 aromatic rings. The van der Waals surface area contributed by atoms with E-state index >= 15 is 0 Å². The quantitative estimate of drug-likeness (QED) is 0.602. The summed E-state index contributed by atoms with van der Waals surface area (Å²) in [5.41, 5.74) is 0. The molecule has 3 nitrogen and oxygen atoms in total. The molecule has 3 heteroatoms. The summed E-state index contributed by atoms with van der Waals surface area (Å²) >= 11 is 0. The highest BCUT2D eigenvalue weighted by Gasteiger charge is 2.20. The lowest BCUT2D eigenvalue weighted by molar-refractivity contribution is -0.124. The highest BCUT2D eigenvalue weighted by molar-refractivity contribution is 5.78. The minimum absolute atomic E-state index is 0.0842. The Labute approximate surface area is 86.6 Å². The summed E-state index contributed by atoms with van der Waals surface area (Å²) in [7, 11) is 1.87. The van der Waals surface area contributed by atoms with Gasteiger partial charge in [-0.2, -0.15) is 0 Å². The number of nitrogens with one attached hydrogen (secondary N) is 2. The van der Waals surface area contributed by atoms with Gasteiger partial charge in [0.1, 0.15) is 0 Å². The average Bonchev–Trinajstić information content (AvgIpc) is 2.96. The normalized spacial score (nSPS) is 17.9. The van der Waals surface area contributed by atoms with Crippen molar-refractivity contribution in [3.8, 4) is 0 Å². The molecule has 0 radical (unpaired) electrons. The molecular formula is C11H22N2O. The molecule has 0 spiro atoms. The highest BCUT2D eigenvalue weighted by atomic mass is 16.1. The van der Waals surface area contributed by atoms with Gasteiger partial charge in [0.25, 0.3) is 0 Å². The lowest BCUT2D eigenvalue weighted by Crippen LogP contribution is -2.34. The summed E-state index contributed by atoms with van der Waals surface area (Å²) in [4.78, 5) is 11.4. The first-order valence-corrected chi connectivity index (χ1v) is 5.66. The summed E-state index contributed by atoms with van der Waals surface area (Å²) in [6.07, 6.45) is 5.25. The minimum atomic E-state index is 0.0842. The maximum Gasteiger partial charge on any atom is 0.224 e. The van der Waals surface area contributed by atoms with E-state index in [1.54, 1.807) is 0 Å².